The Morgan fingerprint density at radius 3 is 2.64 bits per heavy atom. The highest BCUT2D eigenvalue weighted by Crippen LogP contribution is 2.28. The Morgan fingerprint density at radius 2 is 1.94 bits per heavy atom. The van der Waals surface area contributed by atoms with Crippen LogP contribution in [-0.4, -0.2) is 73.8 Å². The smallest absolute Gasteiger partial charge is 0.251 e. The van der Waals surface area contributed by atoms with Crippen LogP contribution in [0.5, 0.6) is 0 Å². The van der Waals surface area contributed by atoms with E-state index < -0.39 is 6.10 Å². The molecule has 0 aliphatic carbocycles. The number of pyridine rings is 1. The van der Waals surface area contributed by atoms with Gasteiger partial charge in [-0.2, -0.15) is 5.10 Å². The number of carbonyl (C=O) groups excluding carboxylic acids is 1. The number of rotatable bonds is 11. The van der Waals surface area contributed by atoms with Gasteiger partial charge >= 0.3 is 0 Å². The Balaban J connectivity index is 1.68. The predicted molar refractivity (Wildman–Crippen MR) is 144 cm³/mol. The molecule has 4 heterocycles. The van der Waals surface area contributed by atoms with E-state index in [0.717, 1.165) is 29.2 Å². The summed E-state index contributed by atoms with van der Waals surface area (Å²) in [6.45, 7) is 10.7. The zero-order valence-electron chi connectivity index (χ0n) is 21.1. The van der Waals surface area contributed by atoms with Gasteiger partial charge in [0.05, 0.1) is 34.1 Å². The van der Waals surface area contributed by atoms with Gasteiger partial charge in [0.15, 0.2) is 5.65 Å². The highest BCUT2D eigenvalue weighted by Gasteiger charge is 2.18. The van der Waals surface area contributed by atoms with E-state index in [4.69, 9.17) is 9.97 Å². The summed E-state index contributed by atoms with van der Waals surface area (Å²) in [6.07, 6.45) is 3.03. The number of hydrogen-bond donors (Lipinski definition) is 3. The maximum atomic E-state index is 13.2. The topological polar surface area (TPSA) is 108 Å². The molecule has 0 saturated carbocycles. The number of hydrogen-bond acceptors (Lipinski definition) is 8. The maximum Gasteiger partial charge on any atom is 0.251 e. The van der Waals surface area contributed by atoms with Gasteiger partial charge < -0.3 is 15.7 Å². The number of aromatic nitrogens is 4. The number of aliphatic hydroxyl groups is 1. The summed E-state index contributed by atoms with van der Waals surface area (Å²) < 4.78 is 1.70. The zero-order chi connectivity index (χ0) is 25.7. The van der Waals surface area contributed by atoms with Crippen LogP contribution in [-0.2, 0) is 0 Å². The largest absolute Gasteiger partial charge is 0.392 e. The minimum Gasteiger partial charge on any atom is -0.392 e. The van der Waals surface area contributed by atoms with E-state index in [1.807, 2.05) is 29.8 Å². The summed E-state index contributed by atoms with van der Waals surface area (Å²) in [7, 11) is 0. The molecule has 0 unspecified atom stereocenters. The quantitative estimate of drug-likeness (QED) is 0.284. The Hall–Kier alpha value is -3.34. The highest BCUT2D eigenvalue weighted by molar-refractivity contribution is 7.13. The van der Waals surface area contributed by atoms with Crippen LogP contribution >= 0.6 is 11.3 Å². The average molecular weight is 508 g/mol. The number of nitrogens with one attached hydrogen (secondary N) is 2. The summed E-state index contributed by atoms with van der Waals surface area (Å²) in [6, 6.07) is 9.65. The molecule has 36 heavy (non-hydrogen) atoms. The Morgan fingerprint density at radius 1 is 1.14 bits per heavy atom. The molecule has 0 aliphatic heterocycles. The summed E-state index contributed by atoms with van der Waals surface area (Å²) in [5.74, 6) is 0.325. The van der Waals surface area contributed by atoms with Gasteiger partial charge in [-0.05, 0) is 56.6 Å². The predicted octanol–water partition coefficient (Wildman–Crippen LogP) is 3.77. The highest BCUT2D eigenvalue weighted by atomic mass is 32.1. The third-order valence-electron chi connectivity index (χ3n) is 6.08. The molecule has 0 fully saturated rings. The van der Waals surface area contributed by atoms with Crippen LogP contribution in [0.2, 0.25) is 0 Å². The Labute approximate surface area is 215 Å². The zero-order valence-corrected chi connectivity index (χ0v) is 21.9. The van der Waals surface area contributed by atoms with Crippen molar-refractivity contribution in [3.05, 3.63) is 53.7 Å². The summed E-state index contributed by atoms with van der Waals surface area (Å²) in [5.41, 5.74) is 3.29. The third kappa shape index (κ3) is 5.89. The van der Waals surface area contributed by atoms with Crippen molar-refractivity contribution in [2.75, 3.05) is 31.5 Å². The SMILES string of the molecule is CCN(CC)[C@@H](C)CNC(=O)c1cc(NC[C@@H](C)O)nc(-c2cnn3ccc(-c4cccs4)nc23)c1. The van der Waals surface area contributed by atoms with Crippen molar-refractivity contribution in [1.82, 2.24) is 29.8 Å². The third-order valence-corrected chi connectivity index (χ3v) is 6.97. The van der Waals surface area contributed by atoms with Crippen LogP contribution in [0.1, 0.15) is 38.1 Å². The fourth-order valence-corrected chi connectivity index (χ4v) is 4.77. The van der Waals surface area contributed by atoms with Gasteiger partial charge in [0.1, 0.15) is 5.82 Å². The molecule has 2 atom stereocenters. The lowest BCUT2D eigenvalue weighted by Gasteiger charge is -2.26. The Kier molecular flexibility index (Phi) is 8.29. The molecule has 0 aromatic carbocycles. The fourth-order valence-electron chi connectivity index (χ4n) is 4.07. The lowest BCUT2D eigenvalue weighted by Crippen LogP contribution is -2.42. The first-order valence-corrected chi connectivity index (χ1v) is 13.1. The van der Waals surface area contributed by atoms with Crippen LogP contribution in [0.4, 0.5) is 5.82 Å². The van der Waals surface area contributed by atoms with E-state index >= 15 is 0 Å². The van der Waals surface area contributed by atoms with Gasteiger partial charge in [0.25, 0.3) is 5.91 Å². The van der Waals surface area contributed by atoms with Crippen molar-refractivity contribution in [2.24, 2.45) is 0 Å². The van der Waals surface area contributed by atoms with Gasteiger partial charge in [0.2, 0.25) is 0 Å². The second-order valence-electron chi connectivity index (χ2n) is 8.75. The van der Waals surface area contributed by atoms with Crippen molar-refractivity contribution < 1.29 is 9.90 Å². The van der Waals surface area contributed by atoms with Crippen molar-refractivity contribution >= 4 is 28.7 Å². The van der Waals surface area contributed by atoms with E-state index in [9.17, 15) is 9.90 Å². The maximum absolute atomic E-state index is 13.2. The van der Waals surface area contributed by atoms with Crippen LogP contribution in [0.25, 0.3) is 27.5 Å². The number of carbonyl (C=O) groups is 1. The molecule has 4 aromatic rings. The molecule has 0 bridgehead atoms. The second-order valence-corrected chi connectivity index (χ2v) is 9.70. The number of aliphatic hydroxyl groups excluding tert-OH is 1. The number of fused-ring (bicyclic) bond motifs is 1. The molecular weight excluding hydrogens is 474 g/mol. The summed E-state index contributed by atoms with van der Waals surface area (Å²) >= 11 is 1.62. The number of nitrogens with zero attached hydrogens (tertiary/aromatic N) is 5. The molecule has 9 nitrogen and oxygen atoms in total. The average Bonchev–Trinajstić information content (AvgIpc) is 3.56. The van der Waals surface area contributed by atoms with Gasteiger partial charge in [-0.3, -0.25) is 9.69 Å². The van der Waals surface area contributed by atoms with E-state index in [2.05, 4.69) is 41.4 Å². The molecule has 0 saturated heterocycles. The number of likely N-dealkylation sites (N-methyl/N-ethyl adjacent to an activating group) is 1. The molecule has 10 heteroatoms. The Bertz CT molecular complexity index is 1300. The van der Waals surface area contributed by atoms with Crippen LogP contribution in [0, 0.1) is 0 Å². The van der Waals surface area contributed by atoms with E-state index in [1.165, 1.54) is 0 Å². The summed E-state index contributed by atoms with van der Waals surface area (Å²) in [5, 5.41) is 22.4. The van der Waals surface area contributed by atoms with E-state index in [1.54, 1.807) is 41.1 Å². The molecule has 0 spiro atoms. The fraction of sp³-hybridized carbons (Fsp3) is 0.385. The molecule has 0 radical (unpaired) electrons. The normalized spacial score (nSPS) is 13.2. The van der Waals surface area contributed by atoms with E-state index in [-0.39, 0.29) is 11.9 Å². The molecule has 3 N–H and O–H groups in total. The van der Waals surface area contributed by atoms with Gasteiger partial charge in [-0.1, -0.05) is 19.9 Å². The first-order valence-electron chi connectivity index (χ1n) is 12.2. The standard InChI is InChI=1S/C26H33N7O2S/c1-5-32(6-2)17(3)14-28-26(35)19-12-22(30-24(13-19)27-15-18(4)34)20-16-29-33-10-9-21(31-25(20)33)23-8-7-11-36-23/h7-13,16-18,34H,5-6,14-15H2,1-4H3,(H,27,30)(H,28,35)/t17-,18+/m0/s1. The van der Waals surface area contributed by atoms with Gasteiger partial charge in [0, 0.05) is 30.9 Å². The summed E-state index contributed by atoms with van der Waals surface area (Å²) in [4.78, 5) is 26.1. The van der Waals surface area contributed by atoms with Crippen molar-refractivity contribution in [2.45, 2.75) is 39.8 Å². The first-order chi connectivity index (χ1) is 17.4. The lowest BCUT2D eigenvalue weighted by molar-refractivity contribution is 0.0938. The first kappa shape index (κ1) is 25.7. The van der Waals surface area contributed by atoms with Crippen LogP contribution in [0.15, 0.2) is 48.1 Å². The molecule has 4 rings (SSSR count). The lowest BCUT2D eigenvalue weighted by atomic mass is 10.1. The number of amides is 1. The molecule has 190 valence electrons. The van der Waals surface area contributed by atoms with Crippen molar-refractivity contribution in [3.63, 3.8) is 0 Å². The van der Waals surface area contributed by atoms with Gasteiger partial charge in [-0.15, -0.1) is 11.3 Å². The molecule has 0 aliphatic rings. The minimum atomic E-state index is -0.561. The minimum absolute atomic E-state index is 0.179. The van der Waals surface area contributed by atoms with Gasteiger partial charge in [-0.25, -0.2) is 14.5 Å². The molecular formula is C26H33N7O2S. The molecule has 4 aromatic heterocycles. The number of thiophene rings is 1. The monoisotopic (exact) mass is 507 g/mol. The molecule has 1 amide bonds. The van der Waals surface area contributed by atoms with Crippen molar-refractivity contribution in [1.29, 1.82) is 0 Å². The van der Waals surface area contributed by atoms with E-state index in [0.29, 0.717) is 35.8 Å². The number of anilines is 1. The van der Waals surface area contributed by atoms with Crippen LogP contribution < -0.4 is 10.6 Å². The van der Waals surface area contributed by atoms with Crippen LogP contribution in [0.3, 0.4) is 0 Å². The second kappa shape index (κ2) is 11.6. The van der Waals surface area contributed by atoms with Crippen molar-refractivity contribution in [3.8, 4) is 21.8 Å².